The van der Waals surface area contributed by atoms with Gasteiger partial charge in [0.1, 0.15) is 5.82 Å². The molecule has 8 heteroatoms. The van der Waals surface area contributed by atoms with Crippen LogP contribution >= 0.6 is 0 Å². The van der Waals surface area contributed by atoms with Crippen molar-refractivity contribution >= 4 is 11.8 Å². The van der Waals surface area contributed by atoms with E-state index >= 15 is 4.39 Å². The number of nitrogens with two attached hydrogens (primary N) is 1. The van der Waals surface area contributed by atoms with E-state index in [1.807, 2.05) is 0 Å². The van der Waals surface area contributed by atoms with Gasteiger partial charge in [0.05, 0.1) is 5.69 Å². The second kappa shape index (κ2) is 7.28. The van der Waals surface area contributed by atoms with E-state index in [0.717, 1.165) is 70.0 Å². The van der Waals surface area contributed by atoms with Crippen LogP contribution in [0.2, 0.25) is 0 Å². The average molecular weight is 456 g/mol. The Morgan fingerprint density at radius 3 is 2.58 bits per heavy atom. The Morgan fingerprint density at radius 2 is 1.97 bits per heavy atom. The van der Waals surface area contributed by atoms with Gasteiger partial charge in [0, 0.05) is 74.6 Å². The summed E-state index contributed by atoms with van der Waals surface area (Å²) >= 11 is 0. The zero-order valence-electron chi connectivity index (χ0n) is 20.4. The summed E-state index contributed by atoms with van der Waals surface area (Å²) in [5, 5.41) is 0. The smallest absolute Gasteiger partial charge is 0.227 e. The van der Waals surface area contributed by atoms with Crippen LogP contribution in [0, 0.1) is 11.8 Å². The van der Waals surface area contributed by atoms with E-state index < -0.39 is 5.67 Å². The summed E-state index contributed by atoms with van der Waals surface area (Å²) in [6.07, 6.45) is 3.32. The number of likely N-dealkylation sites (N-methyl/N-ethyl adjacent to an activating group) is 1. The predicted molar refractivity (Wildman–Crippen MR) is 129 cm³/mol. The van der Waals surface area contributed by atoms with Crippen LogP contribution in [-0.4, -0.2) is 84.2 Å². The highest BCUT2D eigenvalue weighted by Crippen LogP contribution is 2.58. The van der Waals surface area contributed by atoms with Crippen LogP contribution in [0.3, 0.4) is 0 Å². The van der Waals surface area contributed by atoms with Gasteiger partial charge in [-0.25, -0.2) is 9.37 Å². The molecule has 0 bridgehead atoms. The topological polar surface area (TPSA) is 64.8 Å². The van der Waals surface area contributed by atoms with Crippen LogP contribution in [-0.2, 0) is 12.1 Å². The largest absolute Gasteiger partial charge is 0.373 e. The molecule has 4 unspecified atom stereocenters. The van der Waals surface area contributed by atoms with Crippen molar-refractivity contribution in [2.75, 3.05) is 62.7 Å². The Bertz CT molecular complexity index is 972. The minimum absolute atomic E-state index is 0.185. The van der Waals surface area contributed by atoms with Crippen LogP contribution in [0.5, 0.6) is 0 Å². The summed E-state index contributed by atoms with van der Waals surface area (Å²) in [7, 11) is 2.18. The van der Waals surface area contributed by atoms with E-state index in [4.69, 9.17) is 15.7 Å². The van der Waals surface area contributed by atoms with E-state index in [1.165, 1.54) is 5.70 Å². The van der Waals surface area contributed by atoms with Gasteiger partial charge in [-0.1, -0.05) is 6.58 Å². The lowest BCUT2D eigenvalue weighted by Gasteiger charge is -2.39. The van der Waals surface area contributed by atoms with Crippen LogP contribution in [0.4, 0.5) is 16.2 Å². The van der Waals surface area contributed by atoms with E-state index in [0.29, 0.717) is 42.4 Å². The highest BCUT2D eigenvalue weighted by Gasteiger charge is 2.67. The normalized spacial score (nSPS) is 37.7. The van der Waals surface area contributed by atoms with E-state index in [1.54, 1.807) is 6.92 Å². The van der Waals surface area contributed by atoms with Crippen LogP contribution in [0.25, 0.3) is 0 Å². The minimum atomic E-state index is -1.37. The first kappa shape index (κ1) is 21.6. The molecular weight excluding hydrogens is 417 g/mol. The SMILES string of the molecule is C=C(CC1C2CN(c3nc(N4CC[C@@H]4C)nc4c3CCC4(C)F)CC12N)N1CCN(C)CC1. The van der Waals surface area contributed by atoms with Gasteiger partial charge < -0.3 is 25.3 Å². The van der Waals surface area contributed by atoms with E-state index in [2.05, 4.69) is 40.1 Å². The van der Waals surface area contributed by atoms with Crippen molar-refractivity contribution in [2.24, 2.45) is 17.6 Å². The van der Waals surface area contributed by atoms with Gasteiger partial charge in [-0.2, -0.15) is 4.98 Å². The maximum absolute atomic E-state index is 15.3. The summed E-state index contributed by atoms with van der Waals surface area (Å²) in [6.45, 7) is 15.2. The van der Waals surface area contributed by atoms with Crippen molar-refractivity contribution in [1.82, 2.24) is 19.8 Å². The number of rotatable bonds is 5. The van der Waals surface area contributed by atoms with Crippen molar-refractivity contribution in [3.63, 3.8) is 0 Å². The third-order valence-electron chi connectivity index (χ3n) is 9.23. The van der Waals surface area contributed by atoms with Crippen molar-refractivity contribution in [1.29, 1.82) is 0 Å². The standard InChI is InChI=1S/C25H38FN7/c1-16-6-8-33(16)23-28-21-18(5-7-24(21,3)26)22(29-23)32-14-20-19(25(20,27)15-32)13-17(2)31-11-9-30(4)10-12-31/h16,19-20H,2,5-15,27H2,1,3-4H3/t16-,19?,20?,24?,25?/m0/s1. The molecule has 6 rings (SSSR count). The fraction of sp³-hybridized carbons (Fsp3) is 0.760. The van der Waals surface area contributed by atoms with Gasteiger partial charge in [-0.15, -0.1) is 0 Å². The molecule has 7 nitrogen and oxygen atoms in total. The van der Waals surface area contributed by atoms with Crippen LogP contribution < -0.4 is 15.5 Å². The van der Waals surface area contributed by atoms with Gasteiger partial charge in [0.2, 0.25) is 5.95 Å². The number of nitrogens with zero attached hydrogens (tertiary/aromatic N) is 6. The highest BCUT2D eigenvalue weighted by atomic mass is 19.1. The Labute approximate surface area is 196 Å². The molecule has 0 amide bonds. The number of aromatic nitrogens is 2. The second-order valence-corrected chi connectivity index (χ2v) is 11.5. The molecule has 0 aromatic carbocycles. The Morgan fingerprint density at radius 1 is 1.21 bits per heavy atom. The van der Waals surface area contributed by atoms with Crippen molar-refractivity contribution in [3.8, 4) is 0 Å². The zero-order chi connectivity index (χ0) is 23.1. The number of fused-ring (bicyclic) bond motifs is 2. The molecule has 5 aliphatic rings. The first-order valence-corrected chi connectivity index (χ1v) is 12.7. The average Bonchev–Trinajstić information content (AvgIpc) is 3.02. The number of hydrogen-bond donors (Lipinski definition) is 1. The number of hydrogen-bond acceptors (Lipinski definition) is 7. The molecule has 3 aliphatic heterocycles. The molecule has 1 aromatic heterocycles. The zero-order valence-corrected chi connectivity index (χ0v) is 20.4. The third kappa shape index (κ3) is 3.35. The Balaban J connectivity index is 1.19. The van der Waals surface area contributed by atoms with Gasteiger partial charge in [0.15, 0.2) is 5.67 Å². The number of piperazine rings is 1. The molecule has 0 radical (unpaired) electrons. The minimum Gasteiger partial charge on any atom is -0.373 e. The number of piperidine rings is 1. The lowest BCUT2D eigenvalue weighted by Crippen LogP contribution is -2.47. The summed E-state index contributed by atoms with van der Waals surface area (Å²) in [5.74, 6) is 2.57. The molecule has 0 spiro atoms. The highest BCUT2D eigenvalue weighted by molar-refractivity contribution is 5.59. The van der Waals surface area contributed by atoms with Gasteiger partial charge in [-0.3, -0.25) is 0 Å². The Hall–Kier alpha value is -1.93. The Kier molecular flexibility index (Phi) is 4.77. The van der Waals surface area contributed by atoms with E-state index in [-0.39, 0.29) is 5.54 Å². The van der Waals surface area contributed by atoms with E-state index in [9.17, 15) is 0 Å². The molecule has 4 heterocycles. The fourth-order valence-corrected chi connectivity index (χ4v) is 6.60. The maximum Gasteiger partial charge on any atom is 0.227 e. The van der Waals surface area contributed by atoms with Gasteiger partial charge >= 0.3 is 0 Å². The second-order valence-electron chi connectivity index (χ2n) is 11.5. The molecule has 2 N–H and O–H groups in total. The molecule has 4 fully saturated rings. The number of halogens is 1. The van der Waals surface area contributed by atoms with Gasteiger partial charge in [0.25, 0.3) is 0 Å². The van der Waals surface area contributed by atoms with Crippen LogP contribution in [0.1, 0.15) is 44.4 Å². The number of anilines is 2. The molecule has 1 aromatic rings. The number of alkyl halides is 1. The van der Waals surface area contributed by atoms with Crippen molar-refractivity contribution < 1.29 is 4.39 Å². The monoisotopic (exact) mass is 455 g/mol. The summed E-state index contributed by atoms with van der Waals surface area (Å²) in [4.78, 5) is 19.1. The lowest BCUT2D eigenvalue weighted by atomic mass is 10.1. The maximum atomic E-state index is 15.3. The first-order valence-electron chi connectivity index (χ1n) is 12.7. The molecule has 33 heavy (non-hydrogen) atoms. The summed E-state index contributed by atoms with van der Waals surface area (Å²) < 4.78 is 15.3. The fourth-order valence-electron chi connectivity index (χ4n) is 6.60. The first-order chi connectivity index (χ1) is 15.7. The lowest BCUT2D eigenvalue weighted by molar-refractivity contribution is 0.181. The summed E-state index contributed by atoms with van der Waals surface area (Å²) in [6, 6.07) is 0.418. The third-order valence-corrected chi connectivity index (χ3v) is 9.23. The molecule has 180 valence electrons. The quantitative estimate of drug-likeness (QED) is 0.730. The summed E-state index contributed by atoms with van der Waals surface area (Å²) in [5.41, 5.74) is 8.23. The van der Waals surface area contributed by atoms with Crippen molar-refractivity contribution in [2.45, 2.75) is 56.8 Å². The molecule has 1 saturated carbocycles. The molecular formula is C25H38FN7. The predicted octanol–water partition coefficient (Wildman–Crippen LogP) is 2.12. The number of allylic oxidation sites excluding steroid dienone is 1. The molecule has 3 saturated heterocycles. The van der Waals surface area contributed by atoms with Crippen LogP contribution in [0.15, 0.2) is 12.3 Å². The van der Waals surface area contributed by atoms with Crippen molar-refractivity contribution in [3.05, 3.63) is 23.5 Å². The van der Waals surface area contributed by atoms with Gasteiger partial charge in [-0.05, 0) is 52.5 Å². The molecule has 2 aliphatic carbocycles. The molecule has 5 atom stereocenters.